The highest BCUT2D eigenvalue weighted by Crippen LogP contribution is 2.01. The lowest BCUT2D eigenvalue weighted by atomic mass is 10.2. The van der Waals surface area contributed by atoms with E-state index in [0.29, 0.717) is 6.54 Å². The maximum absolute atomic E-state index is 9.52. The van der Waals surface area contributed by atoms with Gasteiger partial charge in [0.25, 0.3) is 0 Å². The monoisotopic (exact) mass is 194 g/mol. The molecule has 0 saturated heterocycles. The molecule has 0 fully saturated rings. The van der Waals surface area contributed by atoms with Crippen LogP contribution in [0.5, 0.6) is 0 Å². The Morgan fingerprint density at radius 2 is 2.21 bits per heavy atom. The molecule has 0 atom stereocenters. The van der Waals surface area contributed by atoms with Gasteiger partial charge in [0.1, 0.15) is 0 Å². The van der Waals surface area contributed by atoms with E-state index >= 15 is 0 Å². The van der Waals surface area contributed by atoms with Gasteiger partial charge in [-0.2, -0.15) is 5.06 Å². The molecule has 0 unspecified atom stereocenters. The summed E-state index contributed by atoms with van der Waals surface area (Å²) < 4.78 is 0. The standard InChI is InChI=1S/C11H18N2O/c1-2-3-6-9-13(14)10-11-7-4-5-8-12-11/h4-5,7-8,14H,2-3,6,9-10H2,1H3. The topological polar surface area (TPSA) is 36.4 Å². The highest BCUT2D eigenvalue weighted by molar-refractivity contribution is 5.02. The Labute approximate surface area is 85.3 Å². The molecule has 1 aromatic heterocycles. The summed E-state index contributed by atoms with van der Waals surface area (Å²) in [7, 11) is 0. The molecule has 0 saturated carbocycles. The second-order valence-electron chi connectivity index (χ2n) is 3.42. The normalized spacial score (nSPS) is 10.8. The lowest BCUT2D eigenvalue weighted by Gasteiger charge is -2.13. The highest BCUT2D eigenvalue weighted by atomic mass is 16.5. The molecule has 1 N–H and O–H groups in total. The summed E-state index contributed by atoms with van der Waals surface area (Å²) in [6, 6.07) is 5.73. The van der Waals surface area contributed by atoms with Crippen LogP contribution in [0.15, 0.2) is 24.4 Å². The molecule has 0 radical (unpaired) electrons. The number of hydroxylamine groups is 2. The van der Waals surface area contributed by atoms with Crippen molar-refractivity contribution in [2.45, 2.75) is 32.7 Å². The summed E-state index contributed by atoms with van der Waals surface area (Å²) in [5, 5.41) is 10.9. The van der Waals surface area contributed by atoms with E-state index in [-0.39, 0.29) is 0 Å². The van der Waals surface area contributed by atoms with E-state index in [1.165, 1.54) is 17.9 Å². The molecule has 78 valence electrons. The van der Waals surface area contributed by atoms with Crippen LogP contribution in [-0.2, 0) is 6.54 Å². The zero-order valence-electron chi connectivity index (χ0n) is 8.69. The largest absolute Gasteiger partial charge is 0.314 e. The first kappa shape index (κ1) is 11.1. The Bertz CT molecular complexity index is 238. The predicted molar refractivity (Wildman–Crippen MR) is 56.0 cm³/mol. The van der Waals surface area contributed by atoms with Crippen molar-refractivity contribution < 1.29 is 5.21 Å². The molecule has 1 aromatic rings. The van der Waals surface area contributed by atoms with Crippen LogP contribution in [0.2, 0.25) is 0 Å². The van der Waals surface area contributed by atoms with Gasteiger partial charge in [0.2, 0.25) is 0 Å². The Balaban J connectivity index is 2.23. The average molecular weight is 194 g/mol. The van der Waals surface area contributed by atoms with E-state index in [1.807, 2.05) is 18.2 Å². The molecule has 3 heteroatoms. The highest BCUT2D eigenvalue weighted by Gasteiger charge is 2.01. The van der Waals surface area contributed by atoms with Crippen molar-refractivity contribution in [1.82, 2.24) is 10.0 Å². The number of pyridine rings is 1. The molecular weight excluding hydrogens is 176 g/mol. The zero-order chi connectivity index (χ0) is 10.2. The summed E-state index contributed by atoms with van der Waals surface area (Å²) >= 11 is 0. The van der Waals surface area contributed by atoms with Crippen molar-refractivity contribution in [3.05, 3.63) is 30.1 Å². The summed E-state index contributed by atoms with van der Waals surface area (Å²) in [6.07, 6.45) is 5.13. The van der Waals surface area contributed by atoms with E-state index in [0.717, 1.165) is 18.7 Å². The first-order valence-electron chi connectivity index (χ1n) is 5.16. The minimum atomic E-state index is 0.518. The minimum Gasteiger partial charge on any atom is -0.314 e. The van der Waals surface area contributed by atoms with Gasteiger partial charge in [0.05, 0.1) is 12.2 Å². The van der Waals surface area contributed by atoms with Gasteiger partial charge in [0.15, 0.2) is 0 Å². The van der Waals surface area contributed by atoms with Gasteiger partial charge in [-0.3, -0.25) is 4.98 Å². The Kier molecular flexibility index (Phi) is 5.19. The van der Waals surface area contributed by atoms with Crippen molar-refractivity contribution in [1.29, 1.82) is 0 Å². The fraction of sp³-hybridized carbons (Fsp3) is 0.545. The quantitative estimate of drug-likeness (QED) is 0.558. The van der Waals surface area contributed by atoms with Crippen molar-refractivity contribution in [3.63, 3.8) is 0 Å². The molecule has 0 amide bonds. The van der Waals surface area contributed by atoms with Gasteiger partial charge in [0, 0.05) is 12.7 Å². The summed E-state index contributed by atoms with van der Waals surface area (Å²) in [6.45, 7) is 3.40. The van der Waals surface area contributed by atoms with Gasteiger partial charge in [-0.05, 0) is 18.6 Å². The van der Waals surface area contributed by atoms with Crippen LogP contribution >= 0.6 is 0 Å². The third kappa shape index (κ3) is 4.35. The number of aromatic nitrogens is 1. The fourth-order valence-electron chi connectivity index (χ4n) is 1.30. The van der Waals surface area contributed by atoms with Crippen molar-refractivity contribution in [2.24, 2.45) is 0 Å². The first-order chi connectivity index (χ1) is 6.83. The second kappa shape index (κ2) is 6.51. The minimum absolute atomic E-state index is 0.518. The smallest absolute Gasteiger partial charge is 0.0661 e. The number of hydrogen-bond donors (Lipinski definition) is 1. The molecule has 0 aliphatic carbocycles. The fourth-order valence-corrected chi connectivity index (χ4v) is 1.30. The van der Waals surface area contributed by atoms with Crippen LogP contribution in [0.4, 0.5) is 0 Å². The van der Waals surface area contributed by atoms with Crippen LogP contribution in [0.25, 0.3) is 0 Å². The third-order valence-electron chi connectivity index (χ3n) is 2.09. The zero-order valence-corrected chi connectivity index (χ0v) is 8.69. The Morgan fingerprint density at radius 3 is 2.86 bits per heavy atom. The van der Waals surface area contributed by atoms with Gasteiger partial charge >= 0.3 is 0 Å². The van der Waals surface area contributed by atoms with Crippen LogP contribution < -0.4 is 0 Å². The summed E-state index contributed by atoms with van der Waals surface area (Å²) in [5.74, 6) is 0. The summed E-state index contributed by atoms with van der Waals surface area (Å²) in [4.78, 5) is 4.15. The summed E-state index contributed by atoms with van der Waals surface area (Å²) in [5.41, 5.74) is 0.909. The van der Waals surface area contributed by atoms with Crippen LogP contribution in [-0.4, -0.2) is 21.8 Å². The number of nitrogens with zero attached hydrogens (tertiary/aromatic N) is 2. The number of rotatable bonds is 6. The van der Waals surface area contributed by atoms with Crippen molar-refractivity contribution in [3.8, 4) is 0 Å². The van der Waals surface area contributed by atoms with E-state index in [1.54, 1.807) is 6.20 Å². The average Bonchev–Trinajstić information content (AvgIpc) is 2.20. The van der Waals surface area contributed by atoms with Crippen LogP contribution in [0.1, 0.15) is 31.9 Å². The molecule has 1 heterocycles. The molecule has 0 aliphatic heterocycles. The SMILES string of the molecule is CCCCCN(O)Cc1ccccn1. The first-order valence-corrected chi connectivity index (χ1v) is 5.16. The van der Waals surface area contributed by atoms with E-state index in [9.17, 15) is 5.21 Å². The lowest BCUT2D eigenvalue weighted by molar-refractivity contribution is -0.101. The molecular formula is C11H18N2O. The second-order valence-corrected chi connectivity index (χ2v) is 3.42. The van der Waals surface area contributed by atoms with Crippen molar-refractivity contribution >= 4 is 0 Å². The maximum atomic E-state index is 9.52. The van der Waals surface area contributed by atoms with Gasteiger partial charge < -0.3 is 5.21 Å². The van der Waals surface area contributed by atoms with Gasteiger partial charge in [-0.1, -0.05) is 25.8 Å². The third-order valence-corrected chi connectivity index (χ3v) is 2.09. The Morgan fingerprint density at radius 1 is 1.36 bits per heavy atom. The molecule has 0 aliphatic rings. The van der Waals surface area contributed by atoms with E-state index in [4.69, 9.17) is 0 Å². The van der Waals surface area contributed by atoms with Gasteiger partial charge in [-0.25, -0.2) is 0 Å². The molecule has 0 bridgehead atoms. The predicted octanol–water partition coefficient (Wildman–Crippen LogP) is 2.46. The molecule has 1 rings (SSSR count). The Hall–Kier alpha value is -0.930. The van der Waals surface area contributed by atoms with Gasteiger partial charge in [-0.15, -0.1) is 0 Å². The van der Waals surface area contributed by atoms with Crippen LogP contribution in [0.3, 0.4) is 0 Å². The molecule has 3 nitrogen and oxygen atoms in total. The molecule has 0 spiro atoms. The number of hydrogen-bond acceptors (Lipinski definition) is 3. The molecule has 14 heavy (non-hydrogen) atoms. The van der Waals surface area contributed by atoms with E-state index in [2.05, 4.69) is 11.9 Å². The molecule has 0 aromatic carbocycles. The van der Waals surface area contributed by atoms with E-state index < -0.39 is 0 Å². The number of unbranched alkanes of at least 4 members (excludes halogenated alkanes) is 2. The lowest BCUT2D eigenvalue weighted by Crippen LogP contribution is -2.20. The van der Waals surface area contributed by atoms with Crippen molar-refractivity contribution in [2.75, 3.05) is 6.54 Å². The van der Waals surface area contributed by atoms with Crippen LogP contribution in [0, 0.1) is 0 Å². The maximum Gasteiger partial charge on any atom is 0.0661 e.